The quantitative estimate of drug-likeness (QED) is 0.597. The van der Waals surface area contributed by atoms with E-state index in [1.807, 2.05) is 54.2 Å². The fourth-order valence-electron chi connectivity index (χ4n) is 3.33. The van der Waals surface area contributed by atoms with Crippen molar-refractivity contribution in [1.29, 1.82) is 0 Å². The van der Waals surface area contributed by atoms with Crippen LogP contribution in [0.1, 0.15) is 18.7 Å². The van der Waals surface area contributed by atoms with Crippen molar-refractivity contribution in [3.63, 3.8) is 0 Å². The zero-order valence-electron chi connectivity index (χ0n) is 17.1. The second-order valence-corrected chi connectivity index (χ2v) is 7.21. The number of amides is 2. The second kappa shape index (κ2) is 9.33. The number of carbonyl (C=O) groups excluding carboxylic acids is 2. The monoisotopic (exact) mass is 421 g/mol. The van der Waals surface area contributed by atoms with Crippen LogP contribution in [0.5, 0.6) is 0 Å². The molecule has 1 unspecified atom stereocenters. The molecule has 1 aliphatic carbocycles. The van der Waals surface area contributed by atoms with E-state index in [2.05, 4.69) is 31.0 Å². The average molecular weight is 421 g/mol. The molecule has 160 valence electrons. The molecule has 10 heteroatoms. The van der Waals surface area contributed by atoms with Gasteiger partial charge in [-0.3, -0.25) is 9.59 Å². The molecule has 1 atom stereocenters. The Labute approximate surface area is 178 Å². The molecule has 0 aromatic carbocycles. The van der Waals surface area contributed by atoms with E-state index in [0.717, 1.165) is 11.3 Å². The van der Waals surface area contributed by atoms with Gasteiger partial charge in [-0.05, 0) is 18.6 Å². The van der Waals surface area contributed by atoms with Crippen molar-refractivity contribution in [2.45, 2.75) is 19.3 Å². The van der Waals surface area contributed by atoms with Crippen molar-refractivity contribution in [3.8, 4) is 11.5 Å². The minimum absolute atomic E-state index is 0.0796. The molecule has 31 heavy (non-hydrogen) atoms. The maximum atomic E-state index is 12.1. The van der Waals surface area contributed by atoms with Gasteiger partial charge in [0.25, 0.3) is 5.91 Å². The SMILES string of the molecule is Cn1cccc1-c1noc(CCC(=O)NCCCNC2=C3C=CC=CC3C(=O)N=N2)n1. The second-order valence-electron chi connectivity index (χ2n) is 7.21. The maximum absolute atomic E-state index is 12.1. The van der Waals surface area contributed by atoms with Crippen LogP contribution in [-0.2, 0) is 23.1 Å². The lowest BCUT2D eigenvalue weighted by atomic mass is 9.93. The molecule has 2 amide bonds. The molecule has 10 nitrogen and oxygen atoms in total. The maximum Gasteiger partial charge on any atom is 0.276 e. The molecule has 0 saturated carbocycles. The van der Waals surface area contributed by atoms with Crippen molar-refractivity contribution < 1.29 is 14.1 Å². The van der Waals surface area contributed by atoms with Crippen LogP contribution in [0.2, 0.25) is 0 Å². The Bertz CT molecular complexity index is 1090. The van der Waals surface area contributed by atoms with E-state index in [-0.39, 0.29) is 24.2 Å². The Balaban J connectivity index is 1.16. The average Bonchev–Trinajstić information content (AvgIpc) is 3.42. The van der Waals surface area contributed by atoms with Gasteiger partial charge in [0.1, 0.15) is 0 Å². The van der Waals surface area contributed by atoms with Gasteiger partial charge >= 0.3 is 0 Å². The van der Waals surface area contributed by atoms with Crippen LogP contribution in [0.3, 0.4) is 0 Å². The number of aryl methyl sites for hydroxylation is 2. The first-order valence-electron chi connectivity index (χ1n) is 10.1. The van der Waals surface area contributed by atoms with Crippen LogP contribution in [0.4, 0.5) is 0 Å². The van der Waals surface area contributed by atoms with Crippen LogP contribution in [0, 0.1) is 5.92 Å². The predicted molar refractivity (Wildman–Crippen MR) is 111 cm³/mol. The number of allylic oxidation sites excluding steroid dienone is 3. The summed E-state index contributed by atoms with van der Waals surface area (Å²) in [5.41, 5.74) is 1.68. The molecule has 4 rings (SSSR count). The third kappa shape index (κ3) is 4.85. The lowest BCUT2D eigenvalue weighted by molar-refractivity contribution is -0.121. The van der Waals surface area contributed by atoms with E-state index in [4.69, 9.17) is 4.52 Å². The van der Waals surface area contributed by atoms with E-state index >= 15 is 0 Å². The molecule has 0 fully saturated rings. The van der Waals surface area contributed by atoms with Gasteiger partial charge < -0.3 is 19.7 Å². The molecule has 2 aromatic rings. The Hall–Kier alpha value is -3.82. The van der Waals surface area contributed by atoms with Gasteiger partial charge in [0.15, 0.2) is 5.82 Å². The van der Waals surface area contributed by atoms with E-state index in [1.165, 1.54) is 0 Å². The smallest absolute Gasteiger partial charge is 0.276 e. The number of azo groups is 1. The summed E-state index contributed by atoms with van der Waals surface area (Å²) in [6.45, 7) is 1.11. The number of hydrogen-bond acceptors (Lipinski definition) is 7. The van der Waals surface area contributed by atoms with Gasteiger partial charge in [-0.1, -0.05) is 29.5 Å². The predicted octanol–water partition coefficient (Wildman–Crippen LogP) is 2.05. The molecule has 2 aliphatic rings. The third-order valence-electron chi connectivity index (χ3n) is 4.99. The summed E-state index contributed by atoms with van der Waals surface area (Å²) in [4.78, 5) is 28.2. The van der Waals surface area contributed by atoms with Crippen molar-refractivity contribution in [1.82, 2.24) is 25.3 Å². The molecule has 0 radical (unpaired) electrons. The van der Waals surface area contributed by atoms with Crippen molar-refractivity contribution in [3.05, 3.63) is 59.9 Å². The third-order valence-corrected chi connectivity index (χ3v) is 4.99. The van der Waals surface area contributed by atoms with E-state index in [9.17, 15) is 9.59 Å². The zero-order valence-corrected chi connectivity index (χ0v) is 17.1. The van der Waals surface area contributed by atoms with Crippen LogP contribution < -0.4 is 10.6 Å². The standard InChI is InChI=1S/C21H23N7O3/c1-28-13-4-8-16(28)20-24-18(31-27-20)10-9-17(29)22-11-5-12-23-19-14-6-2-3-7-15(14)21(30)26-25-19/h2-4,6-8,13,15,23H,5,9-12H2,1H3,(H,22,29). The van der Waals surface area contributed by atoms with Crippen LogP contribution in [-0.4, -0.2) is 39.6 Å². The Morgan fingerprint density at radius 2 is 2.16 bits per heavy atom. The largest absolute Gasteiger partial charge is 0.368 e. The van der Waals surface area contributed by atoms with Crippen molar-refractivity contribution >= 4 is 11.8 Å². The zero-order chi connectivity index (χ0) is 21.6. The molecular formula is C21H23N7O3. The van der Waals surface area contributed by atoms with Crippen LogP contribution >= 0.6 is 0 Å². The molecular weight excluding hydrogens is 398 g/mol. The van der Waals surface area contributed by atoms with E-state index in [0.29, 0.717) is 43.5 Å². The summed E-state index contributed by atoms with van der Waals surface area (Å²) in [5.74, 6) is 0.840. The highest BCUT2D eigenvalue weighted by Gasteiger charge is 2.26. The molecule has 0 bridgehead atoms. The molecule has 0 spiro atoms. The topological polar surface area (TPSA) is 127 Å². The number of carbonyl (C=O) groups is 2. The lowest BCUT2D eigenvalue weighted by Gasteiger charge is -2.20. The lowest BCUT2D eigenvalue weighted by Crippen LogP contribution is -2.28. The summed E-state index contributed by atoms with van der Waals surface area (Å²) in [6.07, 6.45) is 10.6. The van der Waals surface area contributed by atoms with E-state index < -0.39 is 0 Å². The summed E-state index contributed by atoms with van der Waals surface area (Å²) in [6, 6.07) is 3.81. The minimum Gasteiger partial charge on any atom is -0.368 e. The van der Waals surface area contributed by atoms with Gasteiger partial charge in [-0.25, -0.2) is 0 Å². The number of hydrogen-bond donors (Lipinski definition) is 2. The van der Waals surface area contributed by atoms with Gasteiger partial charge in [0.05, 0.1) is 11.6 Å². The summed E-state index contributed by atoms with van der Waals surface area (Å²) in [7, 11) is 1.91. The van der Waals surface area contributed by atoms with Crippen molar-refractivity contribution in [2.24, 2.45) is 23.2 Å². The Morgan fingerprint density at radius 3 is 3.00 bits per heavy atom. The van der Waals surface area contributed by atoms with Gasteiger partial charge in [-0.15, -0.1) is 10.2 Å². The number of nitrogens with one attached hydrogen (secondary N) is 2. The number of rotatable bonds is 9. The Kier molecular flexibility index (Phi) is 6.16. The highest BCUT2D eigenvalue weighted by molar-refractivity contribution is 5.86. The molecule has 0 saturated heterocycles. The van der Waals surface area contributed by atoms with E-state index in [1.54, 1.807) is 0 Å². The fraction of sp³-hybridized carbons (Fsp3) is 0.333. The molecule has 2 N–H and O–H groups in total. The molecule has 2 aromatic heterocycles. The number of aromatic nitrogens is 3. The number of nitrogens with zero attached hydrogens (tertiary/aromatic N) is 5. The first kappa shape index (κ1) is 20.5. The summed E-state index contributed by atoms with van der Waals surface area (Å²) >= 11 is 0. The highest BCUT2D eigenvalue weighted by atomic mass is 16.5. The normalized spacial score (nSPS) is 17.2. The molecule has 3 heterocycles. The van der Waals surface area contributed by atoms with Crippen LogP contribution in [0.25, 0.3) is 11.5 Å². The summed E-state index contributed by atoms with van der Waals surface area (Å²) < 4.78 is 7.13. The first-order chi connectivity index (χ1) is 15.1. The molecule has 1 aliphatic heterocycles. The summed E-state index contributed by atoms with van der Waals surface area (Å²) in [5, 5.41) is 17.7. The van der Waals surface area contributed by atoms with Gasteiger partial charge in [0.2, 0.25) is 17.6 Å². The minimum atomic E-state index is -0.364. The number of fused-ring (bicyclic) bond motifs is 1. The fourth-order valence-corrected chi connectivity index (χ4v) is 3.33. The Morgan fingerprint density at radius 1 is 1.26 bits per heavy atom. The van der Waals surface area contributed by atoms with Gasteiger partial charge in [0, 0.05) is 44.7 Å². The van der Waals surface area contributed by atoms with Gasteiger partial charge in [-0.2, -0.15) is 4.98 Å². The first-order valence-corrected chi connectivity index (χ1v) is 10.1. The highest BCUT2D eigenvalue weighted by Crippen LogP contribution is 2.27. The van der Waals surface area contributed by atoms with Crippen LogP contribution in [0.15, 0.2) is 68.8 Å². The van der Waals surface area contributed by atoms with Crippen molar-refractivity contribution in [2.75, 3.05) is 13.1 Å².